The summed E-state index contributed by atoms with van der Waals surface area (Å²) in [4.78, 5) is 14.7. The topological polar surface area (TPSA) is 64.3 Å². The van der Waals surface area contributed by atoms with Gasteiger partial charge in [-0.15, -0.1) is 0 Å². The molecular weight excluding hydrogens is 322 g/mol. The monoisotopic (exact) mass is 335 g/mol. The van der Waals surface area contributed by atoms with Crippen LogP contribution in [-0.2, 0) is 0 Å². The summed E-state index contributed by atoms with van der Waals surface area (Å²) in [5.74, 6) is 1.17. The van der Waals surface area contributed by atoms with Gasteiger partial charge in [0.1, 0.15) is 5.02 Å². The van der Waals surface area contributed by atoms with Crippen LogP contribution in [0.25, 0.3) is 5.65 Å². The van der Waals surface area contributed by atoms with E-state index >= 15 is 0 Å². The number of rotatable bonds is 5. The Morgan fingerprint density at radius 2 is 2.14 bits per heavy atom. The Morgan fingerprint density at radius 3 is 2.91 bits per heavy atom. The van der Waals surface area contributed by atoms with Crippen LogP contribution in [0.15, 0.2) is 40.6 Å². The van der Waals surface area contributed by atoms with Crippen LogP contribution < -0.4 is 10.1 Å². The van der Waals surface area contributed by atoms with E-state index in [1.165, 1.54) is 11.8 Å². The molecule has 0 saturated heterocycles. The van der Waals surface area contributed by atoms with Crippen molar-refractivity contribution in [3.8, 4) is 5.88 Å². The lowest BCUT2D eigenvalue weighted by Crippen LogP contribution is -2.05. The molecule has 0 radical (unpaired) electrons. The highest BCUT2D eigenvalue weighted by Crippen LogP contribution is 2.38. The molecule has 8 heteroatoms. The van der Waals surface area contributed by atoms with Crippen LogP contribution >= 0.6 is 23.4 Å². The minimum absolute atomic E-state index is 0.406. The Balaban J connectivity index is 2.02. The van der Waals surface area contributed by atoms with E-state index in [1.807, 2.05) is 23.6 Å². The van der Waals surface area contributed by atoms with Gasteiger partial charge in [0.2, 0.25) is 11.8 Å². The summed E-state index contributed by atoms with van der Waals surface area (Å²) in [6, 6.07) is 1.84. The Kier molecular flexibility index (Phi) is 4.35. The third-order valence-corrected chi connectivity index (χ3v) is 4.51. The van der Waals surface area contributed by atoms with Crippen molar-refractivity contribution in [1.82, 2.24) is 19.4 Å². The fourth-order valence-electron chi connectivity index (χ4n) is 2.00. The first-order chi connectivity index (χ1) is 10.7. The quantitative estimate of drug-likeness (QED) is 0.771. The molecule has 0 atom stereocenters. The highest BCUT2D eigenvalue weighted by molar-refractivity contribution is 7.99. The van der Waals surface area contributed by atoms with Gasteiger partial charge in [-0.3, -0.25) is 4.40 Å². The molecule has 114 valence electrons. The van der Waals surface area contributed by atoms with Gasteiger partial charge in [0.15, 0.2) is 5.65 Å². The van der Waals surface area contributed by atoms with Gasteiger partial charge >= 0.3 is 0 Å². The van der Waals surface area contributed by atoms with Crippen LogP contribution in [0.4, 0.5) is 5.95 Å². The van der Waals surface area contributed by atoms with Gasteiger partial charge in [0.25, 0.3) is 0 Å². The molecule has 6 nitrogen and oxygen atoms in total. The minimum Gasteiger partial charge on any atom is -0.480 e. The maximum Gasteiger partial charge on any atom is 0.233 e. The number of nitrogens with zero attached hydrogens (tertiary/aromatic N) is 4. The number of methoxy groups -OCH3 is 1. The van der Waals surface area contributed by atoms with E-state index in [0.29, 0.717) is 10.9 Å². The maximum absolute atomic E-state index is 6.30. The number of halogens is 1. The predicted molar refractivity (Wildman–Crippen MR) is 87.1 cm³/mol. The van der Waals surface area contributed by atoms with Crippen molar-refractivity contribution in [2.45, 2.75) is 16.7 Å². The molecule has 3 heterocycles. The second kappa shape index (κ2) is 6.41. The van der Waals surface area contributed by atoms with Crippen molar-refractivity contribution in [3.63, 3.8) is 0 Å². The maximum atomic E-state index is 6.30. The van der Waals surface area contributed by atoms with Crippen LogP contribution in [0.1, 0.15) is 6.92 Å². The highest BCUT2D eigenvalue weighted by atomic mass is 35.5. The molecule has 0 aliphatic heterocycles. The summed E-state index contributed by atoms with van der Waals surface area (Å²) in [5.41, 5.74) is 0.822. The van der Waals surface area contributed by atoms with Gasteiger partial charge < -0.3 is 10.1 Å². The molecule has 0 amide bonds. The van der Waals surface area contributed by atoms with Crippen LogP contribution in [0.3, 0.4) is 0 Å². The first-order valence-electron chi connectivity index (χ1n) is 6.67. The van der Waals surface area contributed by atoms with Crippen molar-refractivity contribution < 1.29 is 4.74 Å². The zero-order valence-electron chi connectivity index (χ0n) is 12.1. The fraction of sp³-hybridized carbons (Fsp3) is 0.214. The number of hydrogen-bond acceptors (Lipinski definition) is 6. The molecule has 3 rings (SSSR count). The molecule has 0 saturated carbocycles. The molecule has 0 spiro atoms. The zero-order chi connectivity index (χ0) is 15.5. The lowest BCUT2D eigenvalue weighted by molar-refractivity contribution is 0.397. The van der Waals surface area contributed by atoms with E-state index in [2.05, 4.69) is 20.3 Å². The van der Waals surface area contributed by atoms with Gasteiger partial charge in [-0.05, 0) is 13.0 Å². The Labute approximate surface area is 136 Å². The first kappa shape index (κ1) is 14.9. The van der Waals surface area contributed by atoms with Crippen molar-refractivity contribution >= 4 is 35.0 Å². The summed E-state index contributed by atoms with van der Waals surface area (Å²) < 4.78 is 7.06. The molecule has 3 aromatic rings. The number of anilines is 1. The van der Waals surface area contributed by atoms with Crippen LogP contribution in [-0.4, -0.2) is 33.0 Å². The highest BCUT2D eigenvalue weighted by Gasteiger charge is 2.13. The summed E-state index contributed by atoms with van der Waals surface area (Å²) in [7, 11) is 1.54. The van der Waals surface area contributed by atoms with Crippen molar-refractivity contribution in [1.29, 1.82) is 0 Å². The first-order valence-corrected chi connectivity index (χ1v) is 7.86. The van der Waals surface area contributed by atoms with E-state index in [-0.39, 0.29) is 0 Å². The van der Waals surface area contributed by atoms with Crippen molar-refractivity contribution in [2.75, 3.05) is 19.0 Å². The molecular formula is C14H14ClN5OS. The van der Waals surface area contributed by atoms with E-state index < -0.39 is 0 Å². The normalized spacial score (nSPS) is 10.9. The number of fused-ring (bicyclic) bond motifs is 1. The minimum atomic E-state index is 0.406. The number of nitrogens with one attached hydrogen (secondary N) is 1. The molecule has 0 aromatic carbocycles. The van der Waals surface area contributed by atoms with Crippen LogP contribution in [0, 0.1) is 0 Å². The second-order valence-corrected chi connectivity index (χ2v) is 5.79. The molecule has 22 heavy (non-hydrogen) atoms. The lowest BCUT2D eigenvalue weighted by Gasteiger charge is -2.10. The molecule has 1 N–H and O–H groups in total. The average molecular weight is 336 g/mol. The van der Waals surface area contributed by atoms with Gasteiger partial charge in [-0.1, -0.05) is 23.4 Å². The molecule has 0 bridgehead atoms. The fourth-order valence-corrected chi connectivity index (χ4v) is 3.20. The molecule has 3 aromatic heterocycles. The van der Waals surface area contributed by atoms with Crippen molar-refractivity contribution in [2.24, 2.45) is 0 Å². The Bertz CT molecular complexity index is 807. The van der Waals surface area contributed by atoms with Crippen molar-refractivity contribution in [3.05, 3.63) is 35.9 Å². The third-order valence-electron chi connectivity index (χ3n) is 2.96. The Hall–Kier alpha value is -1.99. The molecule has 0 aliphatic rings. The van der Waals surface area contributed by atoms with E-state index in [1.54, 1.807) is 25.7 Å². The van der Waals surface area contributed by atoms with Gasteiger partial charge in [-0.2, -0.15) is 0 Å². The summed E-state index contributed by atoms with van der Waals surface area (Å²) in [5, 5.41) is 3.69. The zero-order valence-corrected chi connectivity index (χ0v) is 13.6. The summed E-state index contributed by atoms with van der Waals surface area (Å²) >= 11 is 7.78. The summed E-state index contributed by atoms with van der Waals surface area (Å²) in [6.07, 6.45) is 7.07. The number of ether oxygens (including phenoxy) is 1. The van der Waals surface area contributed by atoms with Gasteiger partial charge in [-0.25, -0.2) is 15.0 Å². The molecule has 0 unspecified atom stereocenters. The smallest absolute Gasteiger partial charge is 0.233 e. The molecule has 0 aliphatic carbocycles. The van der Waals surface area contributed by atoms with E-state index in [4.69, 9.17) is 16.3 Å². The van der Waals surface area contributed by atoms with Crippen LogP contribution in [0.2, 0.25) is 5.02 Å². The van der Waals surface area contributed by atoms with E-state index in [0.717, 1.165) is 27.9 Å². The standard InChI is InChI=1S/C14H14ClN5OS/c1-3-16-14-19-8-10(12-17-6-7-20(12)14)22-9-4-5-18-13(21-2)11(9)15/h4-8H,3H2,1-2H3,(H,16,19). The number of aromatic nitrogens is 4. The summed E-state index contributed by atoms with van der Waals surface area (Å²) in [6.45, 7) is 2.82. The predicted octanol–water partition coefficient (Wildman–Crippen LogP) is 3.37. The second-order valence-electron chi connectivity index (χ2n) is 4.33. The van der Waals surface area contributed by atoms with Crippen LogP contribution in [0.5, 0.6) is 5.88 Å². The third kappa shape index (κ3) is 2.69. The number of pyridine rings is 1. The Morgan fingerprint density at radius 1 is 1.27 bits per heavy atom. The van der Waals surface area contributed by atoms with Gasteiger partial charge in [0.05, 0.1) is 12.0 Å². The largest absolute Gasteiger partial charge is 0.480 e. The molecule has 0 fully saturated rings. The number of imidazole rings is 1. The average Bonchev–Trinajstić information content (AvgIpc) is 3.02. The lowest BCUT2D eigenvalue weighted by atomic mass is 10.5. The van der Waals surface area contributed by atoms with E-state index in [9.17, 15) is 0 Å². The van der Waals surface area contributed by atoms with Gasteiger partial charge in [0, 0.05) is 36.2 Å². The SMILES string of the molecule is CCNc1ncc(Sc2ccnc(OC)c2Cl)c2nccn12. The number of hydrogen-bond donors (Lipinski definition) is 1.